The summed E-state index contributed by atoms with van der Waals surface area (Å²) in [7, 11) is 0. The molecule has 2 N–H and O–H groups in total. The minimum absolute atomic E-state index is 0.146. The van der Waals surface area contributed by atoms with Crippen LogP contribution in [0.2, 0.25) is 0 Å². The Kier molecular flexibility index (Phi) is 4.51. The number of nitrogens with one attached hydrogen (secondary N) is 2. The van der Waals surface area contributed by atoms with Gasteiger partial charge in [0.2, 0.25) is 11.8 Å². The zero-order valence-corrected chi connectivity index (χ0v) is 13.9. The van der Waals surface area contributed by atoms with Crippen molar-refractivity contribution in [1.82, 2.24) is 10.1 Å². The average molecular weight is 342 g/mol. The number of aryl methyl sites for hydroxylation is 1. The molecule has 0 bridgehead atoms. The van der Waals surface area contributed by atoms with E-state index in [-0.39, 0.29) is 29.3 Å². The van der Waals surface area contributed by atoms with Crippen molar-refractivity contribution in [2.45, 2.75) is 13.8 Å². The van der Waals surface area contributed by atoms with Crippen LogP contribution in [-0.2, 0) is 9.59 Å². The summed E-state index contributed by atoms with van der Waals surface area (Å²) in [4.78, 5) is 36.9. The summed E-state index contributed by atoms with van der Waals surface area (Å²) in [5.41, 5.74) is 1.55. The molecule has 0 radical (unpaired) electrons. The van der Waals surface area contributed by atoms with Crippen LogP contribution in [0.1, 0.15) is 23.2 Å². The maximum absolute atomic E-state index is 12.2. The zero-order valence-electron chi connectivity index (χ0n) is 13.9. The maximum atomic E-state index is 12.2. The van der Waals surface area contributed by atoms with Gasteiger partial charge in [-0.1, -0.05) is 5.16 Å². The Morgan fingerprint density at radius 2 is 1.72 bits per heavy atom. The second-order valence-corrected chi connectivity index (χ2v) is 5.98. The lowest BCUT2D eigenvalue weighted by molar-refractivity contribution is -0.123. The zero-order chi connectivity index (χ0) is 18.0. The Hall–Kier alpha value is -3.16. The molecule has 1 aromatic heterocycles. The second-order valence-electron chi connectivity index (χ2n) is 5.98. The number of aromatic nitrogens is 1. The van der Waals surface area contributed by atoms with Gasteiger partial charge in [0.05, 0.1) is 5.92 Å². The lowest BCUT2D eigenvalue weighted by Crippen LogP contribution is -2.54. The molecule has 1 fully saturated rings. The fraction of sp³-hybridized carbons (Fsp3) is 0.294. The van der Waals surface area contributed by atoms with E-state index in [1.54, 1.807) is 42.2 Å². The number of hydrogen-bond donors (Lipinski definition) is 2. The minimum Gasteiger partial charge on any atom is -0.361 e. The third-order valence-corrected chi connectivity index (χ3v) is 3.86. The first-order valence-corrected chi connectivity index (χ1v) is 7.83. The third kappa shape index (κ3) is 3.85. The topological polar surface area (TPSA) is 105 Å². The van der Waals surface area contributed by atoms with Gasteiger partial charge in [-0.3, -0.25) is 14.4 Å². The number of carbonyl (C=O) groups is 3. The summed E-state index contributed by atoms with van der Waals surface area (Å²) >= 11 is 0. The summed E-state index contributed by atoms with van der Waals surface area (Å²) in [6.07, 6.45) is 0. The minimum atomic E-state index is -0.257. The molecule has 25 heavy (non-hydrogen) atoms. The van der Waals surface area contributed by atoms with Crippen molar-refractivity contribution in [3.8, 4) is 0 Å². The van der Waals surface area contributed by atoms with E-state index in [0.29, 0.717) is 30.2 Å². The Balaban J connectivity index is 1.50. The van der Waals surface area contributed by atoms with Crippen LogP contribution in [0.15, 0.2) is 34.9 Å². The molecule has 0 saturated carbocycles. The average Bonchev–Trinajstić information content (AvgIpc) is 2.94. The van der Waals surface area contributed by atoms with E-state index in [0.717, 1.165) is 0 Å². The van der Waals surface area contributed by atoms with E-state index in [9.17, 15) is 14.4 Å². The second kappa shape index (κ2) is 6.76. The number of anilines is 2. The first-order valence-electron chi connectivity index (χ1n) is 7.83. The van der Waals surface area contributed by atoms with Crippen molar-refractivity contribution >= 4 is 29.1 Å². The van der Waals surface area contributed by atoms with Crippen LogP contribution in [0.4, 0.5) is 11.4 Å². The number of carbonyl (C=O) groups excluding carboxylic acids is 3. The van der Waals surface area contributed by atoms with Crippen LogP contribution in [0.3, 0.4) is 0 Å². The third-order valence-electron chi connectivity index (χ3n) is 3.86. The molecule has 130 valence electrons. The highest BCUT2D eigenvalue weighted by atomic mass is 16.5. The van der Waals surface area contributed by atoms with Gasteiger partial charge in [0.15, 0.2) is 5.69 Å². The van der Waals surface area contributed by atoms with Crippen molar-refractivity contribution in [3.63, 3.8) is 0 Å². The molecule has 1 aliphatic heterocycles. The molecule has 0 aliphatic carbocycles. The van der Waals surface area contributed by atoms with Crippen molar-refractivity contribution in [2.24, 2.45) is 5.92 Å². The Morgan fingerprint density at radius 1 is 1.12 bits per heavy atom. The summed E-state index contributed by atoms with van der Waals surface area (Å²) < 4.78 is 4.89. The largest absolute Gasteiger partial charge is 0.361 e. The first-order chi connectivity index (χ1) is 11.9. The van der Waals surface area contributed by atoms with Crippen LogP contribution >= 0.6 is 0 Å². The summed E-state index contributed by atoms with van der Waals surface area (Å²) in [6.45, 7) is 3.84. The monoisotopic (exact) mass is 342 g/mol. The molecular formula is C17H18N4O4. The molecule has 2 aromatic rings. The lowest BCUT2D eigenvalue weighted by atomic mass is 9.98. The molecule has 0 atom stereocenters. The molecule has 1 aliphatic rings. The summed E-state index contributed by atoms with van der Waals surface area (Å²) in [6, 6.07) is 8.42. The Labute approximate surface area is 144 Å². The number of nitrogens with zero attached hydrogens (tertiary/aromatic N) is 2. The van der Waals surface area contributed by atoms with Gasteiger partial charge in [0.1, 0.15) is 5.76 Å². The fourth-order valence-corrected chi connectivity index (χ4v) is 2.52. The Bertz CT molecular complexity index is 806. The maximum Gasteiger partial charge on any atom is 0.276 e. The van der Waals surface area contributed by atoms with E-state index in [1.165, 1.54) is 6.92 Å². The van der Waals surface area contributed by atoms with Crippen LogP contribution in [0, 0.1) is 12.8 Å². The van der Waals surface area contributed by atoms with Gasteiger partial charge in [0.25, 0.3) is 5.91 Å². The Morgan fingerprint density at radius 3 is 2.24 bits per heavy atom. The van der Waals surface area contributed by atoms with Gasteiger partial charge in [-0.05, 0) is 31.2 Å². The van der Waals surface area contributed by atoms with E-state index < -0.39 is 0 Å². The van der Waals surface area contributed by atoms with E-state index >= 15 is 0 Å². The SMILES string of the molecule is CC(=O)Nc1ccc(NC(=O)C2CN(C(=O)c3cc(C)on3)C2)cc1. The lowest BCUT2D eigenvalue weighted by Gasteiger charge is -2.37. The predicted molar refractivity (Wildman–Crippen MR) is 90.0 cm³/mol. The first kappa shape index (κ1) is 16.7. The van der Waals surface area contributed by atoms with Crippen molar-refractivity contribution in [2.75, 3.05) is 23.7 Å². The molecule has 0 unspecified atom stereocenters. The standard InChI is InChI=1S/C17H18N4O4/c1-10-7-15(20-25-10)17(24)21-8-12(9-21)16(23)19-14-5-3-13(4-6-14)18-11(2)22/h3-7,12H,8-9H2,1-2H3,(H,18,22)(H,19,23). The van der Waals surface area contributed by atoms with Gasteiger partial charge in [-0.2, -0.15) is 0 Å². The van der Waals surface area contributed by atoms with Gasteiger partial charge in [0, 0.05) is 37.5 Å². The van der Waals surface area contributed by atoms with Crippen molar-refractivity contribution in [1.29, 1.82) is 0 Å². The molecule has 8 nitrogen and oxygen atoms in total. The highest BCUT2D eigenvalue weighted by molar-refractivity contribution is 5.98. The molecule has 2 heterocycles. The summed E-state index contributed by atoms with van der Waals surface area (Å²) in [5, 5.41) is 9.15. The molecule has 3 rings (SSSR count). The van der Waals surface area contributed by atoms with E-state index in [2.05, 4.69) is 15.8 Å². The predicted octanol–water partition coefficient (Wildman–Crippen LogP) is 1.65. The normalized spacial score (nSPS) is 13.9. The fourth-order valence-electron chi connectivity index (χ4n) is 2.52. The van der Waals surface area contributed by atoms with Crippen molar-refractivity contribution < 1.29 is 18.9 Å². The molecule has 1 saturated heterocycles. The number of likely N-dealkylation sites (tertiary alicyclic amines) is 1. The van der Waals surface area contributed by atoms with Gasteiger partial charge in [-0.25, -0.2) is 0 Å². The van der Waals surface area contributed by atoms with E-state index in [4.69, 9.17) is 4.52 Å². The molecular weight excluding hydrogens is 324 g/mol. The molecule has 1 aromatic carbocycles. The van der Waals surface area contributed by atoms with Gasteiger partial charge in [-0.15, -0.1) is 0 Å². The molecule has 3 amide bonds. The van der Waals surface area contributed by atoms with Crippen LogP contribution < -0.4 is 10.6 Å². The quantitative estimate of drug-likeness (QED) is 0.879. The number of benzene rings is 1. The van der Waals surface area contributed by atoms with E-state index in [1.807, 2.05) is 0 Å². The van der Waals surface area contributed by atoms with Crippen LogP contribution in [0.25, 0.3) is 0 Å². The molecule has 8 heteroatoms. The number of rotatable bonds is 4. The smallest absolute Gasteiger partial charge is 0.276 e. The number of amides is 3. The summed E-state index contributed by atoms with van der Waals surface area (Å²) in [5.74, 6) is -0.223. The highest BCUT2D eigenvalue weighted by Gasteiger charge is 2.37. The highest BCUT2D eigenvalue weighted by Crippen LogP contribution is 2.21. The van der Waals surface area contributed by atoms with Gasteiger partial charge < -0.3 is 20.1 Å². The van der Waals surface area contributed by atoms with Crippen LogP contribution in [0.5, 0.6) is 0 Å². The van der Waals surface area contributed by atoms with Crippen LogP contribution in [-0.4, -0.2) is 40.9 Å². The number of hydrogen-bond acceptors (Lipinski definition) is 5. The molecule has 0 spiro atoms. The van der Waals surface area contributed by atoms with Crippen molar-refractivity contribution in [3.05, 3.63) is 41.8 Å². The van der Waals surface area contributed by atoms with Gasteiger partial charge >= 0.3 is 0 Å².